The third kappa shape index (κ3) is 2.83. The van der Waals surface area contributed by atoms with Gasteiger partial charge in [-0.05, 0) is 24.3 Å². The Kier molecular flexibility index (Phi) is 3.54. The standard InChI is InChI=1S/C13H10FNO4S/c1-20(18,19)9-4-2-8(3-5-9)12-10(14)6-7-11(15-12)13(16)17/h2-7H,1H3,(H,16,17). The van der Waals surface area contributed by atoms with Crippen molar-refractivity contribution in [2.75, 3.05) is 6.26 Å². The minimum atomic E-state index is -3.34. The van der Waals surface area contributed by atoms with Crippen molar-refractivity contribution in [3.8, 4) is 11.3 Å². The maximum Gasteiger partial charge on any atom is 0.354 e. The van der Waals surface area contributed by atoms with Gasteiger partial charge in [-0.25, -0.2) is 22.6 Å². The Bertz CT molecular complexity index is 769. The van der Waals surface area contributed by atoms with Crippen LogP contribution in [0.5, 0.6) is 0 Å². The number of halogens is 1. The van der Waals surface area contributed by atoms with Crippen molar-refractivity contribution in [3.63, 3.8) is 0 Å². The Morgan fingerprint density at radius 3 is 2.25 bits per heavy atom. The molecule has 1 aromatic carbocycles. The molecule has 0 saturated carbocycles. The Labute approximate surface area is 114 Å². The molecule has 5 nitrogen and oxygen atoms in total. The monoisotopic (exact) mass is 295 g/mol. The summed E-state index contributed by atoms with van der Waals surface area (Å²) < 4.78 is 36.3. The first-order valence-corrected chi connectivity index (χ1v) is 7.38. The van der Waals surface area contributed by atoms with Crippen LogP contribution < -0.4 is 0 Å². The van der Waals surface area contributed by atoms with Gasteiger partial charge in [-0.1, -0.05) is 12.1 Å². The number of pyridine rings is 1. The van der Waals surface area contributed by atoms with E-state index in [1.807, 2.05) is 0 Å². The van der Waals surface area contributed by atoms with Crippen molar-refractivity contribution >= 4 is 15.8 Å². The predicted molar refractivity (Wildman–Crippen MR) is 69.7 cm³/mol. The van der Waals surface area contributed by atoms with Crippen LogP contribution in [0.2, 0.25) is 0 Å². The third-order valence-electron chi connectivity index (χ3n) is 2.62. The van der Waals surface area contributed by atoms with Gasteiger partial charge in [-0.15, -0.1) is 0 Å². The fourth-order valence-corrected chi connectivity index (χ4v) is 2.25. The van der Waals surface area contributed by atoms with E-state index in [1.54, 1.807) is 0 Å². The van der Waals surface area contributed by atoms with Crippen LogP contribution in [-0.2, 0) is 9.84 Å². The predicted octanol–water partition coefficient (Wildman–Crippen LogP) is 1.99. The normalized spacial score (nSPS) is 11.3. The molecular formula is C13H10FNO4S. The zero-order valence-corrected chi connectivity index (χ0v) is 11.2. The van der Waals surface area contributed by atoms with Gasteiger partial charge >= 0.3 is 5.97 Å². The number of aromatic carboxylic acids is 1. The molecule has 0 amide bonds. The maximum atomic E-state index is 13.7. The van der Waals surface area contributed by atoms with E-state index >= 15 is 0 Å². The Hall–Kier alpha value is -2.28. The van der Waals surface area contributed by atoms with Crippen LogP contribution >= 0.6 is 0 Å². The first kappa shape index (κ1) is 14.1. The lowest BCUT2D eigenvalue weighted by atomic mass is 10.1. The number of hydrogen-bond donors (Lipinski definition) is 1. The van der Waals surface area contributed by atoms with Gasteiger partial charge in [0, 0.05) is 11.8 Å². The summed E-state index contributed by atoms with van der Waals surface area (Å²) in [4.78, 5) is 14.6. The molecule has 0 bridgehead atoms. The van der Waals surface area contributed by atoms with E-state index in [0.29, 0.717) is 5.56 Å². The molecule has 7 heteroatoms. The second kappa shape index (κ2) is 5.01. The number of carboxylic acid groups (broad SMARTS) is 1. The average molecular weight is 295 g/mol. The molecule has 2 aromatic rings. The van der Waals surface area contributed by atoms with Gasteiger partial charge in [0.15, 0.2) is 9.84 Å². The van der Waals surface area contributed by atoms with Crippen molar-refractivity contribution < 1.29 is 22.7 Å². The van der Waals surface area contributed by atoms with E-state index < -0.39 is 21.6 Å². The SMILES string of the molecule is CS(=O)(=O)c1ccc(-c2nc(C(=O)O)ccc2F)cc1. The lowest BCUT2D eigenvalue weighted by molar-refractivity contribution is 0.0690. The number of carbonyl (C=O) groups is 1. The third-order valence-corrected chi connectivity index (χ3v) is 3.75. The molecule has 0 aliphatic heterocycles. The molecule has 0 radical (unpaired) electrons. The fraction of sp³-hybridized carbons (Fsp3) is 0.0769. The highest BCUT2D eigenvalue weighted by atomic mass is 32.2. The summed E-state index contributed by atoms with van der Waals surface area (Å²) in [6.45, 7) is 0. The van der Waals surface area contributed by atoms with Gasteiger partial charge in [0.25, 0.3) is 0 Å². The largest absolute Gasteiger partial charge is 0.477 e. The molecule has 0 aliphatic rings. The van der Waals surface area contributed by atoms with Crippen molar-refractivity contribution in [3.05, 3.63) is 47.9 Å². The Morgan fingerprint density at radius 1 is 1.15 bits per heavy atom. The van der Waals surface area contributed by atoms with Crippen LogP contribution in [0.25, 0.3) is 11.3 Å². The first-order valence-electron chi connectivity index (χ1n) is 5.49. The minimum Gasteiger partial charge on any atom is -0.477 e. The van der Waals surface area contributed by atoms with Gasteiger partial charge in [0.2, 0.25) is 0 Å². The summed E-state index contributed by atoms with van der Waals surface area (Å²) in [6, 6.07) is 7.47. The molecular weight excluding hydrogens is 285 g/mol. The summed E-state index contributed by atoms with van der Waals surface area (Å²) >= 11 is 0. The van der Waals surface area contributed by atoms with Gasteiger partial charge < -0.3 is 5.11 Å². The van der Waals surface area contributed by atoms with Gasteiger partial charge in [-0.3, -0.25) is 0 Å². The molecule has 1 aromatic heterocycles. The summed E-state index contributed by atoms with van der Waals surface area (Å²) in [5.41, 5.74) is -0.114. The zero-order valence-electron chi connectivity index (χ0n) is 10.4. The molecule has 1 N–H and O–H groups in total. The molecule has 0 saturated heterocycles. The maximum absolute atomic E-state index is 13.7. The highest BCUT2D eigenvalue weighted by Gasteiger charge is 2.13. The molecule has 1 heterocycles. The summed E-state index contributed by atoms with van der Waals surface area (Å²) in [5.74, 6) is -1.94. The highest BCUT2D eigenvalue weighted by molar-refractivity contribution is 7.90. The number of nitrogens with zero attached hydrogens (tertiary/aromatic N) is 1. The summed E-state index contributed by atoms with van der Waals surface area (Å²) in [5, 5.41) is 8.83. The summed E-state index contributed by atoms with van der Waals surface area (Å²) in [7, 11) is -3.34. The molecule has 0 unspecified atom stereocenters. The van der Waals surface area contributed by atoms with Crippen LogP contribution in [0.4, 0.5) is 4.39 Å². The lowest BCUT2D eigenvalue weighted by Crippen LogP contribution is -2.03. The van der Waals surface area contributed by atoms with Crippen molar-refractivity contribution in [2.45, 2.75) is 4.90 Å². The van der Waals surface area contributed by atoms with Crippen molar-refractivity contribution in [1.29, 1.82) is 0 Å². The van der Waals surface area contributed by atoms with Gasteiger partial charge in [-0.2, -0.15) is 0 Å². The smallest absolute Gasteiger partial charge is 0.354 e. The molecule has 2 rings (SSSR count). The topological polar surface area (TPSA) is 84.3 Å². The van der Waals surface area contributed by atoms with Crippen LogP contribution in [0.15, 0.2) is 41.3 Å². The Morgan fingerprint density at radius 2 is 1.75 bits per heavy atom. The number of benzene rings is 1. The van der Waals surface area contributed by atoms with E-state index in [0.717, 1.165) is 18.4 Å². The second-order valence-corrected chi connectivity index (χ2v) is 6.14. The fourth-order valence-electron chi connectivity index (χ4n) is 1.62. The van der Waals surface area contributed by atoms with Crippen molar-refractivity contribution in [1.82, 2.24) is 4.98 Å². The highest BCUT2D eigenvalue weighted by Crippen LogP contribution is 2.22. The molecule has 104 valence electrons. The minimum absolute atomic E-state index is 0.0936. The van der Waals surface area contributed by atoms with E-state index in [-0.39, 0.29) is 16.3 Å². The number of hydrogen-bond acceptors (Lipinski definition) is 4. The molecule has 20 heavy (non-hydrogen) atoms. The molecule has 0 atom stereocenters. The van der Waals surface area contributed by atoms with Crippen LogP contribution in [0.1, 0.15) is 10.5 Å². The molecule has 0 fully saturated rings. The van der Waals surface area contributed by atoms with E-state index in [4.69, 9.17) is 5.11 Å². The summed E-state index contributed by atoms with van der Waals surface area (Å²) in [6.07, 6.45) is 1.06. The van der Waals surface area contributed by atoms with Crippen LogP contribution in [0.3, 0.4) is 0 Å². The van der Waals surface area contributed by atoms with Gasteiger partial charge in [0.05, 0.1) is 4.90 Å². The van der Waals surface area contributed by atoms with Crippen LogP contribution in [-0.4, -0.2) is 30.7 Å². The number of rotatable bonds is 3. The average Bonchev–Trinajstić information content (AvgIpc) is 2.38. The first-order chi connectivity index (χ1) is 9.29. The molecule has 0 aliphatic carbocycles. The molecule has 0 spiro atoms. The number of sulfone groups is 1. The van der Waals surface area contributed by atoms with E-state index in [1.165, 1.54) is 24.3 Å². The number of aromatic nitrogens is 1. The van der Waals surface area contributed by atoms with E-state index in [9.17, 15) is 17.6 Å². The van der Waals surface area contributed by atoms with Crippen LogP contribution in [0, 0.1) is 5.82 Å². The van der Waals surface area contributed by atoms with Crippen molar-refractivity contribution in [2.24, 2.45) is 0 Å². The second-order valence-electron chi connectivity index (χ2n) is 4.13. The Balaban J connectivity index is 2.51. The lowest BCUT2D eigenvalue weighted by Gasteiger charge is -2.05. The zero-order chi connectivity index (χ0) is 14.9. The van der Waals surface area contributed by atoms with Gasteiger partial charge in [0.1, 0.15) is 17.2 Å². The number of carboxylic acids is 1. The van der Waals surface area contributed by atoms with E-state index in [2.05, 4.69) is 4.98 Å². The quantitative estimate of drug-likeness (QED) is 0.936.